The number of fused-ring (bicyclic) bond motifs is 6. The van der Waals surface area contributed by atoms with Crippen LogP contribution in [0.5, 0.6) is 0 Å². The number of ether oxygens (including phenoxy) is 2. The first-order valence-corrected chi connectivity index (χ1v) is 45.3. The Hall–Kier alpha value is 0.858. The molecule has 11 atom stereocenters. The van der Waals surface area contributed by atoms with Crippen LogP contribution in [-0.4, -0.2) is 130 Å². The van der Waals surface area contributed by atoms with Crippen LogP contribution in [0.15, 0.2) is 11.1 Å². The molecule has 0 aromatic carbocycles. The van der Waals surface area contributed by atoms with Gasteiger partial charge in [0, 0.05) is 24.9 Å². The molecular formula is C39H82O10Si7. The van der Waals surface area contributed by atoms with Gasteiger partial charge in [-0.2, -0.15) is 0 Å². The molecule has 2 aliphatic heterocycles. The molecule has 0 aromatic rings. The van der Waals surface area contributed by atoms with Crippen molar-refractivity contribution in [3.8, 4) is 0 Å². The van der Waals surface area contributed by atoms with E-state index >= 15 is 0 Å². The largest absolute Gasteiger partial charge is 0.417 e. The maximum absolute atomic E-state index is 11.4. The molecule has 5 fully saturated rings. The van der Waals surface area contributed by atoms with E-state index in [2.05, 4.69) is 137 Å². The molecule has 10 unspecified atom stereocenters. The van der Waals surface area contributed by atoms with Gasteiger partial charge in [-0.3, -0.25) is 0 Å². The lowest BCUT2D eigenvalue weighted by Crippen LogP contribution is -2.68. The SMILES string of the molecule is C[Si](C)(C)OCC1C2=C3CC3(O[C@H]3OC(CO)C4(O[Si](C)(C)C)CCC3C(O[Si](C)(C)C)C4O[Si](C)(C)C)C(O[Si](C)(C)C)C(O[Si](C)(C)C)C21O[Si](C)(C)C. The lowest BCUT2D eigenvalue weighted by atomic mass is 9.73. The van der Waals surface area contributed by atoms with Gasteiger partial charge in [0.15, 0.2) is 64.5 Å². The summed E-state index contributed by atoms with van der Waals surface area (Å²) in [5, 5.41) is 11.4. The van der Waals surface area contributed by atoms with E-state index in [9.17, 15) is 5.11 Å². The maximum Gasteiger partial charge on any atom is 0.185 e. The zero-order chi connectivity index (χ0) is 42.7. The first-order valence-electron chi connectivity index (χ1n) is 21.4. The standard InChI is InChI=1S/C39H82O10Si7/c1-50(2,3)41-26-29-31-28-24-38(28,34(46-53(10,11)12)35(47-54(13,14)15)39(29,31)49-56(19,20)21)43-36-27-22-23-37(30(25-40)42-36,48-55(16,17)18)33(45-52(7,8)9)32(27)44-51(4,5)6/h27,29-30,32-36,40H,22-26H2,1-21H3/t27?,29?,30?,32?,33?,34?,35?,36-,37?,38?,39?/m1/s1. The summed E-state index contributed by atoms with van der Waals surface area (Å²) >= 11 is 0. The van der Waals surface area contributed by atoms with Gasteiger partial charge in [-0.15, -0.1) is 0 Å². The highest BCUT2D eigenvalue weighted by Crippen LogP contribution is 2.73. The number of hydrogen-bond acceptors (Lipinski definition) is 10. The summed E-state index contributed by atoms with van der Waals surface area (Å²) < 4.78 is 65.7. The number of hydrogen-bond donors (Lipinski definition) is 1. The summed E-state index contributed by atoms with van der Waals surface area (Å²) in [5.74, 6) is -0.0711. The van der Waals surface area contributed by atoms with E-state index in [0.717, 1.165) is 12.8 Å². The third-order valence-electron chi connectivity index (χ3n) is 10.9. The second kappa shape index (κ2) is 15.3. The van der Waals surface area contributed by atoms with Crippen LogP contribution in [0.1, 0.15) is 19.3 Å². The first-order chi connectivity index (χ1) is 25.0. The molecule has 0 radical (unpaired) electrons. The van der Waals surface area contributed by atoms with E-state index < -0.39 is 99.6 Å². The topological polar surface area (TPSA) is 103 Å². The average Bonchev–Trinajstić information content (AvgIpc) is 3.82. The Labute approximate surface area is 348 Å². The van der Waals surface area contributed by atoms with Gasteiger partial charge in [0.1, 0.15) is 41.2 Å². The number of aliphatic hydroxyl groups is 1. The van der Waals surface area contributed by atoms with E-state index in [0.29, 0.717) is 13.0 Å². The minimum atomic E-state index is -2.20. The molecule has 2 heterocycles. The average molecular weight is 908 g/mol. The van der Waals surface area contributed by atoms with Gasteiger partial charge >= 0.3 is 0 Å². The van der Waals surface area contributed by atoms with Crippen LogP contribution in [0, 0.1) is 11.8 Å². The van der Waals surface area contributed by atoms with Gasteiger partial charge in [0.2, 0.25) is 0 Å². The van der Waals surface area contributed by atoms with E-state index in [4.69, 9.17) is 40.5 Å². The van der Waals surface area contributed by atoms with E-state index in [1.807, 2.05) is 0 Å². The summed E-state index contributed by atoms with van der Waals surface area (Å²) in [6.45, 7) is 47.7. The zero-order valence-electron chi connectivity index (χ0n) is 39.3. The number of aliphatic hydroxyl groups excluding tert-OH is 1. The van der Waals surface area contributed by atoms with E-state index in [-0.39, 0.29) is 30.7 Å². The van der Waals surface area contributed by atoms with Crippen molar-refractivity contribution in [2.45, 2.75) is 210 Å². The number of rotatable bonds is 18. The fourth-order valence-electron chi connectivity index (χ4n) is 9.53. The third kappa shape index (κ3) is 10.5. The van der Waals surface area contributed by atoms with Crippen LogP contribution in [0.2, 0.25) is 137 Å². The fraction of sp³-hybridized carbons (Fsp3) is 0.949. The Morgan fingerprint density at radius 2 is 1.11 bits per heavy atom. The van der Waals surface area contributed by atoms with Gasteiger partial charge in [-0.1, -0.05) is 0 Å². The predicted octanol–water partition coefficient (Wildman–Crippen LogP) is 9.13. The van der Waals surface area contributed by atoms with Crippen LogP contribution in [0.25, 0.3) is 0 Å². The van der Waals surface area contributed by atoms with Crippen molar-refractivity contribution in [1.82, 2.24) is 0 Å². The van der Waals surface area contributed by atoms with Crippen molar-refractivity contribution in [1.29, 1.82) is 0 Å². The molecule has 0 spiro atoms. The molecule has 6 rings (SSSR count). The lowest BCUT2D eigenvalue weighted by Gasteiger charge is -2.54. The Morgan fingerprint density at radius 1 is 0.607 bits per heavy atom. The molecule has 17 heteroatoms. The molecule has 2 saturated heterocycles. The summed E-state index contributed by atoms with van der Waals surface area (Å²) in [7, 11) is -14.8. The maximum atomic E-state index is 11.4. The predicted molar refractivity (Wildman–Crippen MR) is 244 cm³/mol. The van der Waals surface area contributed by atoms with Crippen molar-refractivity contribution >= 4 is 58.2 Å². The second-order valence-corrected chi connectivity index (χ2v) is 55.5. The van der Waals surface area contributed by atoms with Gasteiger partial charge in [-0.25, -0.2) is 0 Å². The smallest absolute Gasteiger partial charge is 0.185 e. The monoisotopic (exact) mass is 906 g/mol. The minimum Gasteiger partial charge on any atom is -0.417 e. The Balaban J connectivity index is 1.71. The molecule has 10 nitrogen and oxygen atoms in total. The van der Waals surface area contributed by atoms with Gasteiger partial charge < -0.3 is 45.6 Å². The Bertz CT molecular complexity index is 1470. The Morgan fingerprint density at radius 3 is 1.57 bits per heavy atom. The molecule has 3 saturated carbocycles. The molecule has 0 amide bonds. The first kappa shape index (κ1) is 47.9. The van der Waals surface area contributed by atoms with E-state index in [1.165, 1.54) is 11.1 Å². The molecule has 1 N–H and O–H groups in total. The lowest BCUT2D eigenvalue weighted by molar-refractivity contribution is -0.258. The highest BCUT2D eigenvalue weighted by molar-refractivity contribution is 6.72. The van der Waals surface area contributed by atoms with Crippen LogP contribution in [0.4, 0.5) is 0 Å². The molecule has 2 bridgehead atoms. The fourth-order valence-corrected chi connectivity index (χ4v) is 17.4. The summed E-state index contributed by atoms with van der Waals surface area (Å²) in [4.78, 5) is 0. The van der Waals surface area contributed by atoms with Crippen molar-refractivity contribution in [3.05, 3.63) is 11.1 Å². The van der Waals surface area contributed by atoms with Crippen molar-refractivity contribution < 1.29 is 45.6 Å². The van der Waals surface area contributed by atoms with Crippen LogP contribution in [0.3, 0.4) is 0 Å². The van der Waals surface area contributed by atoms with Crippen molar-refractivity contribution in [3.63, 3.8) is 0 Å². The Kier molecular flexibility index (Phi) is 13.1. The molecule has 326 valence electrons. The van der Waals surface area contributed by atoms with Gasteiger partial charge in [0.25, 0.3) is 0 Å². The van der Waals surface area contributed by atoms with E-state index in [1.54, 1.807) is 0 Å². The quantitative estimate of drug-likeness (QED) is 0.106. The van der Waals surface area contributed by atoms with Gasteiger partial charge in [-0.05, 0) is 161 Å². The minimum absolute atomic E-state index is 0.0695. The van der Waals surface area contributed by atoms with Crippen LogP contribution in [-0.2, 0) is 40.5 Å². The molecule has 0 aromatic heterocycles. The highest BCUT2D eigenvalue weighted by atomic mass is 28.4. The van der Waals surface area contributed by atoms with Crippen LogP contribution < -0.4 is 0 Å². The molecule has 56 heavy (non-hydrogen) atoms. The molecule has 6 aliphatic rings. The van der Waals surface area contributed by atoms with Crippen LogP contribution >= 0.6 is 0 Å². The van der Waals surface area contributed by atoms with Crippen molar-refractivity contribution in [2.24, 2.45) is 11.8 Å². The zero-order valence-corrected chi connectivity index (χ0v) is 46.3. The third-order valence-corrected chi connectivity index (χ3v) is 17.7. The highest BCUT2D eigenvalue weighted by Gasteiger charge is 2.82. The van der Waals surface area contributed by atoms with Gasteiger partial charge in [0.05, 0.1) is 12.7 Å². The summed E-state index contributed by atoms with van der Waals surface area (Å²) in [6, 6.07) is 0. The molecule has 4 aliphatic carbocycles. The second-order valence-electron chi connectivity index (χ2n) is 24.3. The molecular weight excluding hydrogens is 825 g/mol. The van der Waals surface area contributed by atoms with Crippen molar-refractivity contribution in [2.75, 3.05) is 13.2 Å². The summed E-state index contributed by atoms with van der Waals surface area (Å²) in [6.07, 6.45) is -0.631. The summed E-state index contributed by atoms with van der Waals surface area (Å²) in [5.41, 5.74) is 0.327. The normalized spacial score (nSPS) is 38.0.